The molecule has 0 N–H and O–H groups in total. The third-order valence-electron chi connectivity index (χ3n) is 5.85. The van der Waals surface area contributed by atoms with Gasteiger partial charge in [0.15, 0.2) is 0 Å². The van der Waals surface area contributed by atoms with Gasteiger partial charge in [0.05, 0.1) is 0 Å². The van der Waals surface area contributed by atoms with Crippen LogP contribution < -0.4 is 0 Å². The fourth-order valence-corrected chi connectivity index (χ4v) is 4.50. The highest BCUT2D eigenvalue weighted by molar-refractivity contribution is 5.35. The molecule has 0 aromatic rings. The van der Waals surface area contributed by atoms with E-state index in [-0.39, 0.29) is 0 Å². The first-order valence-electron chi connectivity index (χ1n) is 8.26. The standard InChI is InChI=1S/C19H28/c1-15-7-3-4-8-16(15)11-12-17-9-5-13-19(2)14-6-10-18(17)19/h9,11-12,18H,3-8,10,13-14H2,1-2H3/b12-11+/t18-,19+/m0/s1. The average Bonchev–Trinajstić information content (AvgIpc) is 2.80. The summed E-state index contributed by atoms with van der Waals surface area (Å²) in [5, 5.41) is 0. The fourth-order valence-electron chi connectivity index (χ4n) is 4.50. The van der Waals surface area contributed by atoms with Gasteiger partial charge in [-0.3, -0.25) is 0 Å². The van der Waals surface area contributed by atoms with Gasteiger partial charge in [-0.2, -0.15) is 0 Å². The Labute approximate surface area is 118 Å². The van der Waals surface area contributed by atoms with Crippen LogP contribution in [0.2, 0.25) is 0 Å². The summed E-state index contributed by atoms with van der Waals surface area (Å²) >= 11 is 0. The van der Waals surface area contributed by atoms with E-state index in [1.807, 2.05) is 0 Å². The Bertz CT molecular complexity index is 435. The van der Waals surface area contributed by atoms with Crippen LogP contribution in [0.1, 0.15) is 71.6 Å². The van der Waals surface area contributed by atoms with Crippen LogP contribution in [0.25, 0.3) is 0 Å². The van der Waals surface area contributed by atoms with E-state index in [1.165, 1.54) is 57.8 Å². The number of fused-ring (bicyclic) bond motifs is 1. The third kappa shape index (κ3) is 2.59. The summed E-state index contributed by atoms with van der Waals surface area (Å²) < 4.78 is 0. The van der Waals surface area contributed by atoms with E-state index >= 15 is 0 Å². The Hall–Kier alpha value is -0.780. The molecule has 0 heterocycles. The van der Waals surface area contributed by atoms with Crippen molar-refractivity contribution in [1.29, 1.82) is 0 Å². The van der Waals surface area contributed by atoms with E-state index < -0.39 is 0 Å². The van der Waals surface area contributed by atoms with Gasteiger partial charge < -0.3 is 0 Å². The molecule has 0 bridgehead atoms. The maximum atomic E-state index is 2.52. The molecular weight excluding hydrogens is 228 g/mol. The average molecular weight is 256 g/mol. The van der Waals surface area contributed by atoms with Crippen molar-refractivity contribution in [2.45, 2.75) is 71.6 Å². The zero-order valence-electron chi connectivity index (χ0n) is 12.7. The molecule has 0 aromatic carbocycles. The summed E-state index contributed by atoms with van der Waals surface area (Å²) in [6.45, 7) is 4.85. The molecule has 2 atom stereocenters. The predicted molar refractivity (Wildman–Crippen MR) is 83.1 cm³/mol. The van der Waals surface area contributed by atoms with Crippen molar-refractivity contribution in [2.75, 3.05) is 0 Å². The molecule has 0 saturated heterocycles. The van der Waals surface area contributed by atoms with Crippen molar-refractivity contribution in [1.82, 2.24) is 0 Å². The summed E-state index contributed by atoms with van der Waals surface area (Å²) in [6, 6.07) is 0. The fraction of sp³-hybridized carbons (Fsp3) is 0.684. The monoisotopic (exact) mass is 256 g/mol. The molecule has 0 amide bonds. The number of hydrogen-bond acceptors (Lipinski definition) is 0. The molecule has 0 heteroatoms. The van der Waals surface area contributed by atoms with E-state index in [9.17, 15) is 0 Å². The predicted octanol–water partition coefficient (Wildman–Crippen LogP) is 5.96. The van der Waals surface area contributed by atoms with Crippen LogP contribution in [0, 0.1) is 11.3 Å². The SMILES string of the molecule is CC1=C(/C=C/C2=CCC[C@]3(C)CCC[C@@H]23)CCCC1. The minimum Gasteiger partial charge on any atom is -0.0810 e. The second kappa shape index (κ2) is 5.31. The second-order valence-electron chi connectivity index (χ2n) is 7.19. The molecular formula is C19H28. The van der Waals surface area contributed by atoms with E-state index in [0.29, 0.717) is 5.41 Å². The normalized spacial score (nSPS) is 35.7. The highest BCUT2D eigenvalue weighted by atomic mass is 14.5. The zero-order valence-corrected chi connectivity index (χ0v) is 12.7. The summed E-state index contributed by atoms with van der Waals surface area (Å²) in [7, 11) is 0. The third-order valence-corrected chi connectivity index (χ3v) is 5.85. The lowest BCUT2D eigenvalue weighted by Crippen LogP contribution is -2.25. The van der Waals surface area contributed by atoms with Gasteiger partial charge in [-0.15, -0.1) is 0 Å². The Morgan fingerprint density at radius 3 is 2.79 bits per heavy atom. The Kier molecular flexibility index (Phi) is 3.69. The molecule has 0 aromatic heterocycles. The summed E-state index contributed by atoms with van der Waals surface area (Å²) in [4.78, 5) is 0. The minimum absolute atomic E-state index is 0.615. The summed E-state index contributed by atoms with van der Waals surface area (Å²) in [5.74, 6) is 0.849. The van der Waals surface area contributed by atoms with Crippen LogP contribution in [-0.2, 0) is 0 Å². The van der Waals surface area contributed by atoms with Crippen LogP contribution in [0.4, 0.5) is 0 Å². The van der Waals surface area contributed by atoms with Crippen LogP contribution in [-0.4, -0.2) is 0 Å². The maximum Gasteiger partial charge on any atom is -0.0111 e. The van der Waals surface area contributed by atoms with Crippen molar-refractivity contribution < 1.29 is 0 Å². The zero-order chi connectivity index (χ0) is 13.3. The minimum atomic E-state index is 0.615. The molecule has 3 aliphatic rings. The molecule has 1 saturated carbocycles. The Morgan fingerprint density at radius 2 is 1.95 bits per heavy atom. The molecule has 104 valence electrons. The van der Waals surface area contributed by atoms with E-state index in [4.69, 9.17) is 0 Å². The highest BCUT2D eigenvalue weighted by Crippen LogP contribution is 2.52. The molecule has 0 aliphatic heterocycles. The molecule has 0 nitrogen and oxygen atoms in total. The van der Waals surface area contributed by atoms with Gasteiger partial charge in [0.25, 0.3) is 0 Å². The molecule has 0 spiro atoms. The highest BCUT2D eigenvalue weighted by Gasteiger charge is 2.41. The van der Waals surface area contributed by atoms with Gasteiger partial charge in [-0.25, -0.2) is 0 Å². The first-order chi connectivity index (χ1) is 9.19. The van der Waals surface area contributed by atoms with Crippen molar-refractivity contribution >= 4 is 0 Å². The largest absolute Gasteiger partial charge is 0.0810 e. The van der Waals surface area contributed by atoms with Gasteiger partial charge in [0.1, 0.15) is 0 Å². The lowest BCUT2D eigenvalue weighted by molar-refractivity contribution is 0.231. The second-order valence-corrected chi connectivity index (χ2v) is 7.19. The van der Waals surface area contributed by atoms with Crippen molar-refractivity contribution in [2.24, 2.45) is 11.3 Å². The van der Waals surface area contributed by atoms with Gasteiger partial charge in [-0.1, -0.05) is 37.1 Å². The van der Waals surface area contributed by atoms with Crippen molar-refractivity contribution in [3.05, 3.63) is 34.9 Å². The van der Waals surface area contributed by atoms with Gasteiger partial charge in [0.2, 0.25) is 0 Å². The maximum absolute atomic E-state index is 2.52. The molecule has 0 radical (unpaired) electrons. The number of allylic oxidation sites excluding steroid dienone is 6. The smallest absolute Gasteiger partial charge is 0.0111 e. The Morgan fingerprint density at radius 1 is 1.11 bits per heavy atom. The van der Waals surface area contributed by atoms with Crippen molar-refractivity contribution in [3.8, 4) is 0 Å². The summed E-state index contributed by atoms with van der Waals surface area (Å²) in [6.07, 6.45) is 19.9. The molecule has 3 aliphatic carbocycles. The molecule has 19 heavy (non-hydrogen) atoms. The van der Waals surface area contributed by atoms with Crippen LogP contribution >= 0.6 is 0 Å². The van der Waals surface area contributed by atoms with Gasteiger partial charge >= 0.3 is 0 Å². The number of hydrogen-bond donors (Lipinski definition) is 0. The van der Waals surface area contributed by atoms with Crippen LogP contribution in [0.3, 0.4) is 0 Å². The molecule has 1 fully saturated rings. The lowest BCUT2D eigenvalue weighted by Gasteiger charge is -2.36. The molecule has 0 unspecified atom stereocenters. The van der Waals surface area contributed by atoms with E-state index in [2.05, 4.69) is 32.1 Å². The van der Waals surface area contributed by atoms with Gasteiger partial charge in [0, 0.05) is 0 Å². The lowest BCUT2D eigenvalue weighted by atomic mass is 9.69. The Balaban J connectivity index is 1.77. The van der Waals surface area contributed by atoms with Crippen LogP contribution in [0.5, 0.6) is 0 Å². The number of rotatable bonds is 2. The topological polar surface area (TPSA) is 0 Å². The van der Waals surface area contributed by atoms with Crippen molar-refractivity contribution in [3.63, 3.8) is 0 Å². The summed E-state index contributed by atoms with van der Waals surface area (Å²) in [5.41, 5.74) is 5.52. The van der Waals surface area contributed by atoms with E-state index in [0.717, 1.165) is 5.92 Å². The molecule has 3 rings (SSSR count). The van der Waals surface area contributed by atoms with E-state index in [1.54, 1.807) is 16.7 Å². The first kappa shape index (κ1) is 13.2. The van der Waals surface area contributed by atoms with Gasteiger partial charge in [-0.05, 0) is 80.8 Å². The first-order valence-corrected chi connectivity index (χ1v) is 8.26. The van der Waals surface area contributed by atoms with Crippen LogP contribution in [0.15, 0.2) is 34.9 Å². The quantitative estimate of drug-likeness (QED) is 0.572.